The first kappa shape index (κ1) is 17.3. The van der Waals surface area contributed by atoms with Crippen molar-refractivity contribution in [3.8, 4) is 0 Å². The molecule has 0 fully saturated rings. The zero-order valence-electron chi connectivity index (χ0n) is 14.0. The highest BCUT2D eigenvalue weighted by molar-refractivity contribution is 7.92. The highest BCUT2D eigenvalue weighted by atomic mass is 32.2. The van der Waals surface area contributed by atoms with Crippen molar-refractivity contribution in [3.05, 3.63) is 59.7 Å². The maximum Gasteiger partial charge on any atom is 0.319 e. The van der Waals surface area contributed by atoms with E-state index in [9.17, 15) is 13.2 Å². The molecule has 2 N–H and O–H groups in total. The summed E-state index contributed by atoms with van der Waals surface area (Å²) in [5.74, 6) is 0.0572. The molecular weight excluding hydrogens is 338 g/mol. The molecule has 1 heterocycles. The SMILES string of the molecule is CCS(=O)(=O)N1CCc2ccc(NC(=O)NCc3ccccc3)cc21. The second kappa shape index (κ2) is 7.14. The van der Waals surface area contributed by atoms with Gasteiger partial charge in [-0.3, -0.25) is 4.31 Å². The summed E-state index contributed by atoms with van der Waals surface area (Å²) in [6.07, 6.45) is 0.690. The summed E-state index contributed by atoms with van der Waals surface area (Å²) in [5.41, 5.74) is 3.21. The van der Waals surface area contributed by atoms with E-state index in [2.05, 4.69) is 10.6 Å². The minimum Gasteiger partial charge on any atom is -0.334 e. The highest BCUT2D eigenvalue weighted by Crippen LogP contribution is 2.32. The van der Waals surface area contributed by atoms with Crippen LogP contribution in [0.4, 0.5) is 16.2 Å². The van der Waals surface area contributed by atoms with Crippen molar-refractivity contribution < 1.29 is 13.2 Å². The maximum absolute atomic E-state index is 12.2. The zero-order valence-corrected chi connectivity index (χ0v) is 14.8. The van der Waals surface area contributed by atoms with Crippen LogP contribution in [0.5, 0.6) is 0 Å². The number of fused-ring (bicyclic) bond motifs is 1. The second-order valence-electron chi connectivity index (χ2n) is 5.86. The van der Waals surface area contributed by atoms with Gasteiger partial charge in [0, 0.05) is 18.8 Å². The van der Waals surface area contributed by atoms with Crippen molar-refractivity contribution in [1.82, 2.24) is 5.32 Å². The van der Waals surface area contributed by atoms with Gasteiger partial charge < -0.3 is 10.6 Å². The molecule has 0 spiro atoms. The van der Waals surface area contributed by atoms with Crippen LogP contribution in [0.25, 0.3) is 0 Å². The summed E-state index contributed by atoms with van der Waals surface area (Å²) in [6, 6.07) is 14.7. The molecule has 0 atom stereocenters. The minimum absolute atomic E-state index is 0.0572. The highest BCUT2D eigenvalue weighted by Gasteiger charge is 2.28. The van der Waals surface area contributed by atoms with Crippen molar-refractivity contribution in [2.45, 2.75) is 19.9 Å². The third-order valence-corrected chi connectivity index (χ3v) is 5.97. The molecule has 1 aliphatic heterocycles. The Morgan fingerprint density at radius 2 is 1.92 bits per heavy atom. The summed E-state index contributed by atoms with van der Waals surface area (Å²) in [5, 5.41) is 5.55. The Labute approximate surface area is 147 Å². The van der Waals surface area contributed by atoms with E-state index in [-0.39, 0.29) is 11.8 Å². The number of benzene rings is 2. The van der Waals surface area contributed by atoms with Crippen LogP contribution >= 0.6 is 0 Å². The number of urea groups is 1. The Bertz CT molecular complexity index is 866. The van der Waals surface area contributed by atoms with E-state index in [1.54, 1.807) is 19.1 Å². The fourth-order valence-electron chi connectivity index (χ4n) is 2.83. The van der Waals surface area contributed by atoms with E-state index >= 15 is 0 Å². The largest absolute Gasteiger partial charge is 0.334 e. The Balaban J connectivity index is 1.68. The molecule has 0 saturated carbocycles. The first-order valence-electron chi connectivity index (χ1n) is 8.22. The van der Waals surface area contributed by atoms with Gasteiger partial charge in [-0.1, -0.05) is 36.4 Å². The van der Waals surface area contributed by atoms with Gasteiger partial charge in [0.1, 0.15) is 0 Å². The van der Waals surface area contributed by atoms with Gasteiger partial charge in [-0.2, -0.15) is 0 Å². The lowest BCUT2D eigenvalue weighted by molar-refractivity contribution is 0.251. The summed E-state index contributed by atoms with van der Waals surface area (Å²) < 4.78 is 25.8. The molecule has 7 heteroatoms. The molecule has 2 aromatic rings. The summed E-state index contributed by atoms with van der Waals surface area (Å²) >= 11 is 0. The van der Waals surface area contributed by atoms with Crippen LogP contribution in [-0.4, -0.2) is 26.7 Å². The van der Waals surface area contributed by atoms with E-state index in [0.717, 1.165) is 11.1 Å². The van der Waals surface area contributed by atoms with Crippen LogP contribution in [0.15, 0.2) is 48.5 Å². The lowest BCUT2D eigenvalue weighted by Crippen LogP contribution is -2.30. The van der Waals surface area contributed by atoms with Crippen LogP contribution in [0.1, 0.15) is 18.1 Å². The Morgan fingerprint density at radius 3 is 2.64 bits per heavy atom. The van der Waals surface area contributed by atoms with Gasteiger partial charge in [-0.15, -0.1) is 0 Å². The first-order valence-corrected chi connectivity index (χ1v) is 9.82. The van der Waals surface area contributed by atoms with Gasteiger partial charge >= 0.3 is 6.03 Å². The fourth-order valence-corrected chi connectivity index (χ4v) is 3.98. The molecule has 0 aromatic heterocycles. The number of carbonyl (C=O) groups is 1. The number of amides is 2. The summed E-state index contributed by atoms with van der Waals surface area (Å²) in [4.78, 5) is 12.1. The number of hydrogen-bond donors (Lipinski definition) is 2. The predicted octanol–water partition coefficient (Wildman–Crippen LogP) is 2.72. The van der Waals surface area contributed by atoms with E-state index < -0.39 is 10.0 Å². The number of anilines is 2. The smallest absolute Gasteiger partial charge is 0.319 e. The van der Waals surface area contributed by atoms with Crippen molar-refractivity contribution in [2.75, 3.05) is 21.9 Å². The molecule has 2 aromatic carbocycles. The molecule has 0 unspecified atom stereocenters. The fraction of sp³-hybridized carbons (Fsp3) is 0.278. The summed E-state index contributed by atoms with van der Waals surface area (Å²) in [6.45, 7) is 2.51. The van der Waals surface area contributed by atoms with Gasteiger partial charge in [0.25, 0.3) is 0 Å². The standard InChI is InChI=1S/C18H21N3O3S/c1-2-25(23,24)21-11-10-15-8-9-16(12-17(15)21)20-18(22)19-13-14-6-4-3-5-7-14/h3-9,12H,2,10-11,13H2,1H3,(H2,19,20,22). The average Bonchev–Trinajstić information content (AvgIpc) is 3.05. The Kier molecular flexibility index (Phi) is 4.94. The van der Waals surface area contributed by atoms with Gasteiger partial charge in [-0.25, -0.2) is 13.2 Å². The monoisotopic (exact) mass is 359 g/mol. The number of carbonyl (C=O) groups excluding carboxylic acids is 1. The molecule has 0 radical (unpaired) electrons. The lowest BCUT2D eigenvalue weighted by atomic mass is 10.1. The molecule has 3 rings (SSSR count). The molecule has 132 valence electrons. The molecule has 0 bridgehead atoms. The van der Waals surface area contributed by atoms with E-state index in [0.29, 0.717) is 30.9 Å². The van der Waals surface area contributed by atoms with Crippen molar-refractivity contribution in [1.29, 1.82) is 0 Å². The number of sulfonamides is 1. The van der Waals surface area contributed by atoms with E-state index in [4.69, 9.17) is 0 Å². The molecule has 1 aliphatic rings. The zero-order chi connectivity index (χ0) is 17.9. The molecule has 25 heavy (non-hydrogen) atoms. The van der Waals surface area contributed by atoms with Crippen LogP contribution in [0, 0.1) is 0 Å². The normalized spacial score (nSPS) is 13.4. The minimum atomic E-state index is -3.30. The molecule has 0 aliphatic carbocycles. The predicted molar refractivity (Wildman–Crippen MR) is 99.3 cm³/mol. The number of hydrogen-bond acceptors (Lipinski definition) is 3. The van der Waals surface area contributed by atoms with Crippen molar-refractivity contribution >= 4 is 27.4 Å². The summed E-state index contributed by atoms with van der Waals surface area (Å²) in [7, 11) is -3.30. The Morgan fingerprint density at radius 1 is 1.16 bits per heavy atom. The molecule has 6 nitrogen and oxygen atoms in total. The molecular formula is C18H21N3O3S. The third-order valence-electron chi connectivity index (χ3n) is 4.19. The third kappa shape index (κ3) is 3.93. The maximum atomic E-state index is 12.2. The second-order valence-corrected chi connectivity index (χ2v) is 8.04. The van der Waals surface area contributed by atoms with Crippen LogP contribution in [0.3, 0.4) is 0 Å². The van der Waals surface area contributed by atoms with Crippen molar-refractivity contribution in [3.63, 3.8) is 0 Å². The van der Waals surface area contributed by atoms with Crippen LogP contribution in [-0.2, 0) is 23.0 Å². The van der Waals surface area contributed by atoms with E-state index in [1.165, 1.54) is 4.31 Å². The quantitative estimate of drug-likeness (QED) is 0.861. The van der Waals surface area contributed by atoms with Crippen LogP contribution in [0.2, 0.25) is 0 Å². The van der Waals surface area contributed by atoms with Gasteiger partial charge in [0.15, 0.2) is 0 Å². The van der Waals surface area contributed by atoms with Gasteiger partial charge in [0.05, 0.1) is 11.4 Å². The molecule has 2 amide bonds. The number of nitrogens with one attached hydrogen (secondary N) is 2. The van der Waals surface area contributed by atoms with E-state index in [1.807, 2.05) is 36.4 Å². The van der Waals surface area contributed by atoms with Crippen molar-refractivity contribution in [2.24, 2.45) is 0 Å². The average molecular weight is 359 g/mol. The van der Waals surface area contributed by atoms with Gasteiger partial charge in [0.2, 0.25) is 10.0 Å². The van der Waals surface area contributed by atoms with Crippen LogP contribution < -0.4 is 14.9 Å². The first-order chi connectivity index (χ1) is 12.0. The molecule has 0 saturated heterocycles. The number of rotatable bonds is 5. The topological polar surface area (TPSA) is 78.5 Å². The Hall–Kier alpha value is -2.54. The van der Waals surface area contributed by atoms with Gasteiger partial charge in [-0.05, 0) is 36.6 Å². The lowest BCUT2D eigenvalue weighted by Gasteiger charge is -2.19. The number of nitrogens with zero attached hydrogens (tertiary/aromatic N) is 1.